The Labute approximate surface area is 174 Å². The van der Waals surface area contributed by atoms with E-state index in [-0.39, 0.29) is 11.8 Å². The zero-order valence-corrected chi connectivity index (χ0v) is 17.3. The van der Waals surface area contributed by atoms with Crippen LogP contribution < -0.4 is 9.64 Å². The summed E-state index contributed by atoms with van der Waals surface area (Å²) in [6, 6.07) is 13.3. The van der Waals surface area contributed by atoms with Crippen LogP contribution in [0.5, 0.6) is 5.75 Å². The van der Waals surface area contributed by atoms with E-state index < -0.39 is 0 Å². The molecule has 1 fully saturated rings. The normalized spacial score (nSPS) is 16.7. The first kappa shape index (κ1) is 19.5. The maximum Gasteiger partial charge on any atom is 0.232 e. The Hall–Kier alpha value is -2.86. The lowest BCUT2D eigenvalue weighted by atomic mass is 10.0. The van der Waals surface area contributed by atoms with Gasteiger partial charge in [-0.1, -0.05) is 54.9 Å². The summed E-state index contributed by atoms with van der Waals surface area (Å²) < 4.78 is 10.9. The molecule has 0 spiro atoms. The first-order valence-corrected chi connectivity index (χ1v) is 9.92. The van der Waals surface area contributed by atoms with Gasteiger partial charge in [-0.25, -0.2) is 0 Å². The van der Waals surface area contributed by atoms with E-state index in [1.165, 1.54) is 5.56 Å². The first-order chi connectivity index (χ1) is 14.0. The van der Waals surface area contributed by atoms with Crippen molar-refractivity contribution in [1.29, 1.82) is 0 Å². The van der Waals surface area contributed by atoms with Gasteiger partial charge >= 0.3 is 0 Å². The van der Waals surface area contributed by atoms with Crippen LogP contribution in [0, 0.1) is 0 Å². The second-order valence-corrected chi connectivity index (χ2v) is 7.89. The van der Waals surface area contributed by atoms with Crippen molar-refractivity contribution in [3.05, 3.63) is 58.9 Å². The van der Waals surface area contributed by atoms with Crippen LogP contribution in [-0.2, 0) is 4.79 Å². The van der Waals surface area contributed by atoms with E-state index in [9.17, 15) is 4.79 Å². The number of halogens is 1. The number of hydrogen-bond acceptors (Lipinski definition) is 5. The summed E-state index contributed by atoms with van der Waals surface area (Å²) >= 11 is 6.12. The number of methoxy groups -OCH3 is 1. The van der Waals surface area contributed by atoms with Crippen molar-refractivity contribution in [2.24, 2.45) is 0 Å². The summed E-state index contributed by atoms with van der Waals surface area (Å²) in [6.45, 7) is 4.74. The molecule has 0 saturated carbocycles. The lowest BCUT2D eigenvalue weighted by Gasteiger charge is -2.19. The number of carbonyl (C=O) groups is 1. The second kappa shape index (κ2) is 7.87. The molecule has 4 rings (SSSR count). The molecule has 150 valence electrons. The maximum atomic E-state index is 12.7. The number of hydrogen-bond donors (Lipinski definition) is 0. The van der Waals surface area contributed by atoms with Gasteiger partial charge in [-0.2, -0.15) is 4.98 Å². The van der Waals surface area contributed by atoms with Crippen LogP contribution in [0.15, 0.2) is 47.0 Å². The summed E-state index contributed by atoms with van der Waals surface area (Å²) in [5.41, 5.74) is 2.79. The topological polar surface area (TPSA) is 68.5 Å². The number of rotatable bonds is 5. The maximum absolute atomic E-state index is 12.7. The molecule has 2 aromatic carbocycles. The van der Waals surface area contributed by atoms with Gasteiger partial charge < -0.3 is 14.2 Å². The third-order valence-corrected chi connectivity index (χ3v) is 5.42. The molecule has 2 heterocycles. The van der Waals surface area contributed by atoms with Crippen molar-refractivity contribution < 1.29 is 14.1 Å². The van der Waals surface area contributed by atoms with Crippen molar-refractivity contribution in [1.82, 2.24) is 10.1 Å². The molecule has 0 bridgehead atoms. The fourth-order valence-corrected chi connectivity index (χ4v) is 3.68. The van der Waals surface area contributed by atoms with Gasteiger partial charge in [0.2, 0.25) is 17.6 Å². The van der Waals surface area contributed by atoms with E-state index in [1.54, 1.807) is 30.2 Å². The number of aromatic nitrogens is 2. The van der Waals surface area contributed by atoms with Crippen molar-refractivity contribution in [2.75, 3.05) is 18.6 Å². The third kappa shape index (κ3) is 3.85. The molecule has 29 heavy (non-hydrogen) atoms. The number of nitrogens with zero attached hydrogens (tertiary/aromatic N) is 3. The minimum Gasteiger partial charge on any atom is -0.495 e. The highest BCUT2D eigenvalue weighted by Crippen LogP contribution is 2.38. The van der Waals surface area contributed by atoms with Gasteiger partial charge in [-0.15, -0.1) is 0 Å². The molecule has 7 heteroatoms. The highest BCUT2D eigenvalue weighted by Gasteiger charge is 2.36. The Kier molecular flexibility index (Phi) is 5.28. The van der Waals surface area contributed by atoms with Gasteiger partial charge in [-0.3, -0.25) is 4.79 Å². The first-order valence-electron chi connectivity index (χ1n) is 9.54. The van der Waals surface area contributed by atoms with Crippen LogP contribution in [-0.4, -0.2) is 29.7 Å². The smallest absolute Gasteiger partial charge is 0.232 e. The SMILES string of the molecule is COc1ccc(Cl)cc1N1C[C@H](c2nc(-c3ccc(C(C)C)cc3)no2)CC1=O. The monoisotopic (exact) mass is 411 g/mol. The minimum absolute atomic E-state index is 0.0309. The Morgan fingerprint density at radius 1 is 1.21 bits per heavy atom. The number of benzene rings is 2. The zero-order chi connectivity index (χ0) is 20.5. The van der Waals surface area contributed by atoms with Crippen molar-refractivity contribution in [2.45, 2.75) is 32.1 Å². The third-order valence-electron chi connectivity index (χ3n) is 5.18. The molecule has 1 saturated heterocycles. The molecule has 1 aromatic heterocycles. The van der Waals surface area contributed by atoms with E-state index in [2.05, 4.69) is 36.1 Å². The van der Waals surface area contributed by atoms with E-state index in [1.807, 2.05) is 12.1 Å². The average molecular weight is 412 g/mol. The Bertz CT molecular complexity index is 1030. The molecule has 0 radical (unpaired) electrons. The minimum atomic E-state index is -0.178. The standard InChI is InChI=1S/C22H22ClN3O3/c1-13(2)14-4-6-15(7-5-14)21-24-22(29-25-21)16-10-20(27)26(12-16)18-11-17(23)8-9-19(18)28-3/h4-9,11,13,16H,10,12H2,1-3H3/t16-/m1/s1. The molecule has 1 amide bonds. The Morgan fingerprint density at radius 3 is 2.66 bits per heavy atom. The Morgan fingerprint density at radius 2 is 1.97 bits per heavy atom. The van der Waals surface area contributed by atoms with E-state index in [0.717, 1.165) is 5.56 Å². The number of ether oxygens (including phenoxy) is 1. The quantitative estimate of drug-likeness (QED) is 0.588. The zero-order valence-electron chi connectivity index (χ0n) is 16.6. The molecule has 0 N–H and O–H groups in total. The van der Waals surface area contributed by atoms with E-state index in [4.69, 9.17) is 20.9 Å². The summed E-state index contributed by atoms with van der Waals surface area (Å²) in [5.74, 6) is 1.84. The lowest BCUT2D eigenvalue weighted by Crippen LogP contribution is -2.24. The predicted molar refractivity (Wildman–Crippen MR) is 112 cm³/mol. The fourth-order valence-electron chi connectivity index (χ4n) is 3.52. The van der Waals surface area contributed by atoms with Crippen LogP contribution in [0.25, 0.3) is 11.4 Å². The van der Waals surface area contributed by atoms with Crippen LogP contribution in [0.3, 0.4) is 0 Å². The molecule has 6 nitrogen and oxygen atoms in total. The van der Waals surface area contributed by atoms with Crippen molar-refractivity contribution in [3.8, 4) is 17.1 Å². The van der Waals surface area contributed by atoms with Gasteiger partial charge in [0.1, 0.15) is 5.75 Å². The van der Waals surface area contributed by atoms with Crippen LogP contribution >= 0.6 is 11.6 Å². The average Bonchev–Trinajstić information content (AvgIpc) is 3.35. The van der Waals surface area contributed by atoms with Crippen molar-refractivity contribution >= 4 is 23.2 Å². The molecule has 0 unspecified atom stereocenters. The van der Waals surface area contributed by atoms with Gasteiger partial charge in [0.05, 0.1) is 18.7 Å². The summed E-state index contributed by atoms with van der Waals surface area (Å²) in [7, 11) is 1.57. The lowest BCUT2D eigenvalue weighted by molar-refractivity contribution is -0.117. The van der Waals surface area contributed by atoms with Crippen molar-refractivity contribution in [3.63, 3.8) is 0 Å². The predicted octanol–water partition coefficient (Wildman–Crippen LogP) is 5.04. The molecule has 1 aliphatic heterocycles. The van der Waals surface area contributed by atoms with Gasteiger partial charge in [0.15, 0.2) is 0 Å². The second-order valence-electron chi connectivity index (χ2n) is 7.45. The number of carbonyl (C=O) groups excluding carboxylic acids is 1. The molecule has 3 aromatic rings. The Balaban J connectivity index is 1.55. The van der Waals surface area contributed by atoms with Gasteiger partial charge in [0, 0.05) is 23.6 Å². The molecule has 1 aliphatic rings. The summed E-state index contributed by atoms with van der Waals surface area (Å²) in [5, 5.41) is 4.66. The summed E-state index contributed by atoms with van der Waals surface area (Å²) in [6.07, 6.45) is 0.295. The van der Waals surface area contributed by atoms with Crippen LogP contribution in [0.4, 0.5) is 5.69 Å². The van der Waals surface area contributed by atoms with Gasteiger partial charge in [-0.05, 0) is 29.7 Å². The molecular formula is C22H22ClN3O3. The summed E-state index contributed by atoms with van der Waals surface area (Å²) in [4.78, 5) is 18.9. The molecular weight excluding hydrogens is 390 g/mol. The highest BCUT2D eigenvalue weighted by molar-refractivity contribution is 6.31. The fraction of sp³-hybridized carbons (Fsp3) is 0.318. The highest BCUT2D eigenvalue weighted by atomic mass is 35.5. The molecule has 0 aliphatic carbocycles. The molecule has 1 atom stereocenters. The number of amides is 1. The van der Waals surface area contributed by atoms with E-state index >= 15 is 0 Å². The largest absolute Gasteiger partial charge is 0.495 e. The van der Waals surface area contributed by atoms with Gasteiger partial charge in [0.25, 0.3) is 0 Å². The number of anilines is 1. The van der Waals surface area contributed by atoms with Crippen LogP contribution in [0.1, 0.15) is 43.6 Å². The van der Waals surface area contributed by atoms with Crippen LogP contribution in [0.2, 0.25) is 5.02 Å². The van der Waals surface area contributed by atoms with E-state index in [0.29, 0.717) is 47.1 Å².